The molecular weight excluding hydrogens is 416 g/mol. The molecule has 0 saturated carbocycles. The molecular formula is C25H23F2NO4. The standard InChI is InChI=1S/C25H23F2NO4/c1-15-6-7-17(22(29)9-16-4-3-5-18(8-16)23(26)27)10-20(15)19-11-21(24(31-2)28-12-19)25(30)13-32-14-25/h3-8,10-12,23,30H,9,13-14H2,1-2H3. The van der Waals surface area contributed by atoms with Gasteiger partial charge in [-0.1, -0.05) is 30.3 Å². The largest absolute Gasteiger partial charge is 0.481 e. The fourth-order valence-electron chi connectivity index (χ4n) is 3.78. The van der Waals surface area contributed by atoms with Gasteiger partial charge in [0.1, 0.15) is 5.60 Å². The summed E-state index contributed by atoms with van der Waals surface area (Å²) >= 11 is 0. The Morgan fingerprint density at radius 2 is 2.00 bits per heavy atom. The van der Waals surface area contributed by atoms with Gasteiger partial charge in [0.15, 0.2) is 5.78 Å². The van der Waals surface area contributed by atoms with E-state index >= 15 is 0 Å². The van der Waals surface area contributed by atoms with Gasteiger partial charge in [-0.2, -0.15) is 0 Å². The number of aryl methyl sites for hydroxylation is 1. The van der Waals surface area contributed by atoms with Gasteiger partial charge in [0.25, 0.3) is 6.43 Å². The Morgan fingerprint density at radius 3 is 2.66 bits per heavy atom. The summed E-state index contributed by atoms with van der Waals surface area (Å²) in [5.41, 5.74) is 2.72. The van der Waals surface area contributed by atoms with Crippen LogP contribution in [0.1, 0.15) is 39.0 Å². The number of ether oxygens (including phenoxy) is 2. The first-order valence-electron chi connectivity index (χ1n) is 10.2. The quantitative estimate of drug-likeness (QED) is 0.543. The predicted molar refractivity (Wildman–Crippen MR) is 115 cm³/mol. The summed E-state index contributed by atoms with van der Waals surface area (Å²) in [6, 6.07) is 13.0. The molecule has 1 saturated heterocycles. The van der Waals surface area contributed by atoms with Gasteiger partial charge in [-0.25, -0.2) is 13.8 Å². The number of methoxy groups -OCH3 is 1. The van der Waals surface area contributed by atoms with E-state index in [1.54, 1.807) is 30.5 Å². The molecule has 0 bridgehead atoms. The van der Waals surface area contributed by atoms with Crippen molar-refractivity contribution in [2.24, 2.45) is 0 Å². The van der Waals surface area contributed by atoms with E-state index in [-0.39, 0.29) is 31.0 Å². The third kappa shape index (κ3) is 4.26. The molecule has 1 aliphatic rings. The Hall–Kier alpha value is -3.16. The maximum atomic E-state index is 13.0. The first-order valence-corrected chi connectivity index (χ1v) is 10.2. The number of carbonyl (C=O) groups is 1. The Kier molecular flexibility index (Phi) is 6.04. The number of alkyl halides is 2. The summed E-state index contributed by atoms with van der Waals surface area (Å²) in [7, 11) is 1.49. The Labute approximate surface area is 184 Å². The van der Waals surface area contributed by atoms with Crippen molar-refractivity contribution in [3.8, 4) is 17.0 Å². The molecule has 0 spiro atoms. The average Bonchev–Trinajstić information content (AvgIpc) is 2.77. The minimum Gasteiger partial charge on any atom is -0.481 e. The van der Waals surface area contributed by atoms with Crippen LogP contribution in [0.5, 0.6) is 5.88 Å². The zero-order chi connectivity index (χ0) is 22.9. The molecule has 0 atom stereocenters. The van der Waals surface area contributed by atoms with Crippen molar-refractivity contribution in [2.75, 3.05) is 20.3 Å². The molecule has 0 unspecified atom stereocenters. The zero-order valence-corrected chi connectivity index (χ0v) is 17.8. The summed E-state index contributed by atoms with van der Waals surface area (Å²) < 4.78 is 36.4. The lowest BCUT2D eigenvalue weighted by atomic mass is 9.89. The predicted octanol–water partition coefficient (Wildman–Crippen LogP) is 4.65. The number of pyridine rings is 1. The third-order valence-corrected chi connectivity index (χ3v) is 5.67. The minimum atomic E-state index is -2.58. The van der Waals surface area contributed by atoms with Gasteiger partial charge in [0.2, 0.25) is 5.88 Å². The van der Waals surface area contributed by atoms with Crippen LogP contribution in [0.15, 0.2) is 54.7 Å². The maximum absolute atomic E-state index is 13.0. The van der Waals surface area contributed by atoms with Crippen molar-refractivity contribution in [3.05, 3.63) is 82.5 Å². The second-order valence-electron chi connectivity index (χ2n) is 7.98. The Balaban J connectivity index is 1.65. The molecule has 32 heavy (non-hydrogen) atoms. The summed E-state index contributed by atoms with van der Waals surface area (Å²) in [5.74, 6) is 0.147. The van der Waals surface area contributed by atoms with Crippen LogP contribution < -0.4 is 4.74 Å². The van der Waals surface area contributed by atoms with Crippen molar-refractivity contribution in [3.63, 3.8) is 0 Å². The lowest BCUT2D eigenvalue weighted by Crippen LogP contribution is -2.46. The van der Waals surface area contributed by atoms with E-state index in [0.29, 0.717) is 22.6 Å². The highest BCUT2D eigenvalue weighted by Gasteiger charge is 2.41. The van der Waals surface area contributed by atoms with Crippen LogP contribution in [0.3, 0.4) is 0 Å². The fourth-order valence-corrected chi connectivity index (χ4v) is 3.78. The smallest absolute Gasteiger partial charge is 0.263 e. The number of aromatic nitrogens is 1. The minimum absolute atomic E-state index is 0.0201. The summed E-state index contributed by atoms with van der Waals surface area (Å²) in [4.78, 5) is 17.2. The molecule has 2 aromatic carbocycles. The highest BCUT2D eigenvalue weighted by Crippen LogP contribution is 2.37. The normalized spacial score (nSPS) is 14.8. The van der Waals surface area contributed by atoms with Crippen LogP contribution in [-0.4, -0.2) is 36.2 Å². The average molecular weight is 439 g/mol. The van der Waals surface area contributed by atoms with Gasteiger partial charge in [0.05, 0.1) is 25.9 Å². The molecule has 3 aromatic rings. The number of aliphatic hydroxyl groups is 1. The van der Waals surface area contributed by atoms with Gasteiger partial charge in [-0.05, 0) is 41.8 Å². The van der Waals surface area contributed by atoms with Gasteiger partial charge in [-0.15, -0.1) is 0 Å². The molecule has 7 heteroatoms. The molecule has 0 amide bonds. The van der Waals surface area contributed by atoms with Gasteiger partial charge in [0, 0.05) is 29.3 Å². The van der Waals surface area contributed by atoms with Crippen LogP contribution in [0.4, 0.5) is 8.78 Å². The van der Waals surface area contributed by atoms with Gasteiger partial charge >= 0.3 is 0 Å². The molecule has 1 fully saturated rings. The number of hydrogen-bond donors (Lipinski definition) is 1. The molecule has 1 aliphatic heterocycles. The SMILES string of the molecule is COc1ncc(-c2cc(C(=O)Cc3cccc(C(F)F)c3)ccc2C)cc1C1(O)COC1. The topological polar surface area (TPSA) is 68.7 Å². The van der Waals surface area contributed by atoms with Crippen LogP contribution in [0.2, 0.25) is 0 Å². The van der Waals surface area contributed by atoms with Crippen molar-refractivity contribution >= 4 is 5.78 Å². The molecule has 0 aliphatic carbocycles. The maximum Gasteiger partial charge on any atom is 0.263 e. The fraction of sp³-hybridized carbons (Fsp3) is 0.280. The highest BCUT2D eigenvalue weighted by atomic mass is 19.3. The molecule has 1 aromatic heterocycles. The number of hydrogen-bond acceptors (Lipinski definition) is 5. The van der Waals surface area contributed by atoms with E-state index in [2.05, 4.69) is 4.98 Å². The van der Waals surface area contributed by atoms with E-state index in [1.807, 2.05) is 13.0 Å². The number of carbonyl (C=O) groups excluding carboxylic acids is 1. The molecule has 4 rings (SSSR count). The second-order valence-corrected chi connectivity index (χ2v) is 7.98. The van der Waals surface area contributed by atoms with Crippen LogP contribution >= 0.6 is 0 Å². The summed E-state index contributed by atoms with van der Waals surface area (Å²) in [6.45, 7) is 2.23. The summed E-state index contributed by atoms with van der Waals surface area (Å²) in [5, 5.41) is 10.7. The molecule has 0 radical (unpaired) electrons. The Morgan fingerprint density at radius 1 is 1.22 bits per heavy atom. The molecule has 166 valence electrons. The lowest BCUT2D eigenvalue weighted by molar-refractivity contribution is -0.185. The number of benzene rings is 2. The third-order valence-electron chi connectivity index (χ3n) is 5.67. The van der Waals surface area contributed by atoms with Crippen molar-refractivity contribution < 1.29 is 28.2 Å². The van der Waals surface area contributed by atoms with Crippen molar-refractivity contribution in [2.45, 2.75) is 25.4 Å². The summed E-state index contributed by atoms with van der Waals surface area (Å²) in [6.07, 6.45) is -0.927. The van der Waals surface area contributed by atoms with E-state index in [9.17, 15) is 18.7 Å². The van der Waals surface area contributed by atoms with E-state index in [1.165, 1.54) is 25.3 Å². The van der Waals surface area contributed by atoms with Gasteiger partial charge < -0.3 is 14.6 Å². The number of nitrogens with zero attached hydrogens (tertiary/aromatic N) is 1. The first-order chi connectivity index (χ1) is 15.3. The van der Waals surface area contributed by atoms with E-state index < -0.39 is 12.0 Å². The second kappa shape index (κ2) is 8.76. The molecule has 2 heterocycles. The lowest BCUT2D eigenvalue weighted by Gasteiger charge is -2.37. The van der Waals surface area contributed by atoms with Crippen LogP contribution in [-0.2, 0) is 16.8 Å². The van der Waals surface area contributed by atoms with Crippen LogP contribution in [0.25, 0.3) is 11.1 Å². The van der Waals surface area contributed by atoms with Crippen molar-refractivity contribution in [1.82, 2.24) is 4.98 Å². The number of ketones is 1. The van der Waals surface area contributed by atoms with E-state index in [0.717, 1.165) is 16.7 Å². The number of rotatable bonds is 7. The monoisotopic (exact) mass is 439 g/mol. The Bertz CT molecular complexity index is 1160. The van der Waals surface area contributed by atoms with Gasteiger partial charge in [-0.3, -0.25) is 4.79 Å². The first kappa shape index (κ1) is 22.0. The number of halogens is 2. The number of Topliss-reactive ketones (excluding diaryl/α,β-unsaturated/α-hetero) is 1. The van der Waals surface area contributed by atoms with E-state index in [4.69, 9.17) is 9.47 Å². The molecule has 5 nitrogen and oxygen atoms in total. The zero-order valence-electron chi connectivity index (χ0n) is 17.8. The van der Waals surface area contributed by atoms with Crippen molar-refractivity contribution in [1.29, 1.82) is 0 Å². The highest BCUT2D eigenvalue weighted by molar-refractivity contribution is 5.98. The van der Waals surface area contributed by atoms with Crippen LogP contribution in [0, 0.1) is 6.92 Å². The molecule has 1 N–H and O–H groups in total.